The summed E-state index contributed by atoms with van der Waals surface area (Å²) in [5.74, 6) is 0.225. The van der Waals surface area contributed by atoms with Gasteiger partial charge in [-0.05, 0) is 39.8 Å². The molecule has 0 saturated carbocycles. The quantitative estimate of drug-likeness (QED) is 0.472. The Morgan fingerprint density at radius 3 is 2.40 bits per heavy atom. The minimum atomic E-state index is -0.507. The van der Waals surface area contributed by atoms with Crippen molar-refractivity contribution in [2.75, 3.05) is 18.9 Å². The van der Waals surface area contributed by atoms with Crippen LogP contribution in [-0.2, 0) is 0 Å². The number of ether oxygens (including phenoxy) is 1. The first kappa shape index (κ1) is 16.2. The van der Waals surface area contributed by atoms with E-state index >= 15 is 0 Å². The molecule has 0 heterocycles. The number of nitrogens with two attached hydrogens (primary N) is 1. The molecule has 20 heavy (non-hydrogen) atoms. The number of nitro groups is 1. The summed E-state index contributed by atoms with van der Waals surface area (Å²) >= 11 is 0. The Morgan fingerprint density at radius 1 is 1.30 bits per heavy atom. The second-order valence-corrected chi connectivity index (χ2v) is 5.22. The van der Waals surface area contributed by atoms with Crippen LogP contribution in [-0.4, -0.2) is 35.1 Å². The van der Waals surface area contributed by atoms with E-state index in [9.17, 15) is 10.1 Å². The molecule has 0 aromatic heterocycles. The lowest BCUT2D eigenvalue weighted by atomic mass is 10.2. The Morgan fingerprint density at radius 2 is 1.90 bits per heavy atom. The molecular formula is C14H23N3O3. The first-order valence-electron chi connectivity index (χ1n) is 6.76. The molecule has 0 saturated heterocycles. The Kier molecular flexibility index (Phi) is 5.76. The van der Waals surface area contributed by atoms with Crippen LogP contribution in [0.4, 0.5) is 11.4 Å². The average Bonchev–Trinajstić information content (AvgIpc) is 2.33. The molecule has 0 aliphatic carbocycles. The van der Waals surface area contributed by atoms with Crippen LogP contribution >= 0.6 is 0 Å². The van der Waals surface area contributed by atoms with Crippen LogP contribution in [0.2, 0.25) is 0 Å². The van der Waals surface area contributed by atoms with Gasteiger partial charge in [-0.25, -0.2) is 0 Å². The van der Waals surface area contributed by atoms with Crippen LogP contribution in [0.5, 0.6) is 5.75 Å². The molecule has 0 unspecified atom stereocenters. The molecule has 0 aliphatic heterocycles. The number of para-hydroxylation sites is 1. The number of benzene rings is 1. The topological polar surface area (TPSA) is 81.6 Å². The molecule has 1 aromatic rings. The van der Waals surface area contributed by atoms with Crippen LogP contribution < -0.4 is 10.5 Å². The fourth-order valence-electron chi connectivity index (χ4n) is 2.22. The van der Waals surface area contributed by atoms with Crippen molar-refractivity contribution in [3.8, 4) is 5.75 Å². The fraction of sp³-hybridized carbons (Fsp3) is 0.571. The van der Waals surface area contributed by atoms with Gasteiger partial charge in [-0.15, -0.1) is 0 Å². The first-order valence-corrected chi connectivity index (χ1v) is 6.76. The lowest BCUT2D eigenvalue weighted by Crippen LogP contribution is -2.39. The largest absolute Gasteiger partial charge is 0.485 e. The van der Waals surface area contributed by atoms with Gasteiger partial charge in [0.1, 0.15) is 12.3 Å². The number of anilines is 1. The van der Waals surface area contributed by atoms with Crippen molar-refractivity contribution in [2.24, 2.45) is 0 Å². The summed E-state index contributed by atoms with van der Waals surface area (Å²) in [6.45, 7) is 9.56. The monoisotopic (exact) mass is 281 g/mol. The van der Waals surface area contributed by atoms with Crippen molar-refractivity contribution in [3.63, 3.8) is 0 Å². The Labute approximate surface area is 119 Å². The minimum absolute atomic E-state index is 0.122. The van der Waals surface area contributed by atoms with Crippen LogP contribution in [0.1, 0.15) is 27.7 Å². The molecule has 0 radical (unpaired) electrons. The summed E-state index contributed by atoms with van der Waals surface area (Å²) in [4.78, 5) is 12.7. The second-order valence-electron chi connectivity index (χ2n) is 5.22. The van der Waals surface area contributed by atoms with Crippen molar-refractivity contribution < 1.29 is 9.66 Å². The zero-order chi connectivity index (χ0) is 15.3. The Hall–Kier alpha value is -1.82. The number of nitro benzene ring substituents is 1. The highest BCUT2D eigenvalue weighted by Gasteiger charge is 2.20. The highest BCUT2D eigenvalue weighted by Crippen LogP contribution is 2.32. The van der Waals surface area contributed by atoms with Crippen molar-refractivity contribution in [1.29, 1.82) is 0 Å². The maximum absolute atomic E-state index is 11.0. The van der Waals surface area contributed by atoms with E-state index in [1.54, 1.807) is 12.1 Å². The van der Waals surface area contributed by atoms with Gasteiger partial charge in [0.2, 0.25) is 0 Å². The molecule has 6 heteroatoms. The lowest BCUT2D eigenvalue weighted by Gasteiger charge is -2.30. The van der Waals surface area contributed by atoms with Gasteiger partial charge < -0.3 is 10.5 Å². The van der Waals surface area contributed by atoms with Gasteiger partial charge in [0.25, 0.3) is 0 Å². The first-order chi connectivity index (χ1) is 9.34. The van der Waals surface area contributed by atoms with Crippen molar-refractivity contribution >= 4 is 11.4 Å². The van der Waals surface area contributed by atoms with E-state index in [2.05, 4.69) is 32.6 Å². The van der Waals surface area contributed by atoms with E-state index in [0.717, 1.165) is 0 Å². The van der Waals surface area contributed by atoms with Crippen LogP contribution in [0.3, 0.4) is 0 Å². The molecule has 6 nitrogen and oxygen atoms in total. The lowest BCUT2D eigenvalue weighted by molar-refractivity contribution is -0.384. The molecule has 0 fully saturated rings. The number of rotatable bonds is 7. The van der Waals surface area contributed by atoms with Crippen LogP contribution in [0.15, 0.2) is 18.2 Å². The van der Waals surface area contributed by atoms with Crippen molar-refractivity contribution in [1.82, 2.24) is 4.90 Å². The summed E-state index contributed by atoms with van der Waals surface area (Å²) in [7, 11) is 0. The highest BCUT2D eigenvalue weighted by atomic mass is 16.6. The molecule has 1 aromatic carbocycles. The third-order valence-electron chi connectivity index (χ3n) is 3.15. The van der Waals surface area contributed by atoms with Crippen molar-refractivity contribution in [2.45, 2.75) is 39.8 Å². The number of nitrogen functional groups attached to an aromatic ring is 1. The predicted molar refractivity (Wildman–Crippen MR) is 80.0 cm³/mol. The van der Waals surface area contributed by atoms with Crippen LogP contribution in [0.25, 0.3) is 0 Å². The normalized spacial score (nSPS) is 11.3. The zero-order valence-electron chi connectivity index (χ0n) is 12.5. The molecule has 0 aliphatic rings. The standard InChI is InChI=1S/C14H23N3O3/c1-10(2)16(11(3)4)8-9-20-13-7-5-6-12(15)14(13)17(18)19/h5-7,10-11H,8-9,15H2,1-4H3. The average molecular weight is 281 g/mol. The molecule has 0 amide bonds. The summed E-state index contributed by atoms with van der Waals surface area (Å²) in [6.07, 6.45) is 0. The van der Waals surface area contributed by atoms with Gasteiger partial charge in [-0.3, -0.25) is 15.0 Å². The number of hydrogen-bond donors (Lipinski definition) is 1. The summed E-state index contributed by atoms with van der Waals surface area (Å²) in [6, 6.07) is 5.52. The fourth-order valence-corrected chi connectivity index (χ4v) is 2.22. The van der Waals surface area contributed by atoms with Gasteiger partial charge in [-0.2, -0.15) is 0 Å². The van der Waals surface area contributed by atoms with E-state index in [4.69, 9.17) is 10.5 Å². The molecule has 0 spiro atoms. The van der Waals surface area contributed by atoms with E-state index in [1.165, 1.54) is 6.07 Å². The van der Waals surface area contributed by atoms with Gasteiger partial charge in [0, 0.05) is 18.6 Å². The van der Waals surface area contributed by atoms with Gasteiger partial charge in [-0.1, -0.05) is 6.07 Å². The summed E-state index contributed by atoms with van der Waals surface area (Å²) < 4.78 is 5.55. The van der Waals surface area contributed by atoms with Gasteiger partial charge in [0.15, 0.2) is 5.75 Å². The third-order valence-corrected chi connectivity index (χ3v) is 3.15. The molecule has 112 valence electrons. The Balaban J connectivity index is 2.71. The maximum Gasteiger partial charge on any atom is 0.333 e. The smallest absolute Gasteiger partial charge is 0.333 e. The Bertz CT molecular complexity index is 453. The summed E-state index contributed by atoms with van der Waals surface area (Å²) in [5.41, 5.74) is 5.58. The second kappa shape index (κ2) is 7.09. The summed E-state index contributed by atoms with van der Waals surface area (Å²) in [5, 5.41) is 11.0. The van der Waals surface area contributed by atoms with Crippen molar-refractivity contribution in [3.05, 3.63) is 28.3 Å². The minimum Gasteiger partial charge on any atom is -0.485 e. The van der Waals surface area contributed by atoms with Gasteiger partial charge >= 0.3 is 5.69 Å². The molecule has 2 N–H and O–H groups in total. The molecule has 0 atom stereocenters. The van der Waals surface area contributed by atoms with Gasteiger partial charge in [0.05, 0.1) is 4.92 Å². The van der Waals surface area contributed by atoms with E-state index in [0.29, 0.717) is 25.2 Å². The molecule has 1 rings (SSSR count). The molecule has 0 bridgehead atoms. The maximum atomic E-state index is 11.0. The van der Waals surface area contributed by atoms with E-state index in [1.807, 2.05) is 0 Å². The number of nitrogens with zero attached hydrogens (tertiary/aromatic N) is 2. The van der Waals surface area contributed by atoms with Crippen LogP contribution in [0, 0.1) is 10.1 Å². The van der Waals surface area contributed by atoms with E-state index < -0.39 is 4.92 Å². The predicted octanol–water partition coefficient (Wildman–Crippen LogP) is 2.67. The zero-order valence-corrected chi connectivity index (χ0v) is 12.5. The SMILES string of the molecule is CC(C)N(CCOc1cccc(N)c1[N+](=O)[O-])C(C)C. The molecular weight excluding hydrogens is 258 g/mol. The highest BCUT2D eigenvalue weighted by molar-refractivity contribution is 5.65. The van der Waals surface area contributed by atoms with E-state index in [-0.39, 0.29) is 17.1 Å². The number of hydrogen-bond acceptors (Lipinski definition) is 5. The third kappa shape index (κ3) is 4.09.